The van der Waals surface area contributed by atoms with Crippen LogP contribution in [0.25, 0.3) is 0 Å². The molecule has 0 radical (unpaired) electrons. The lowest BCUT2D eigenvalue weighted by Gasteiger charge is -2.22. The minimum Gasteiger partial charge on any atom is -0.479 e. The fourth-order valence-corrected chi connectivity index (χ4v) is 2.12. The molecule has 0 bridgehead atoms. The van der Waals surface area contributed by atoms with Crippen molar-refractivity contribution in [3.63, 3.8) is 0 Å². The topological polar surface area (TPSA) is 66.8 Å². The van der Waals surface area contributed by atoms with Gasteiger partial charge in [0.15, 0.2) is 6.10 Å². The summed E-state index contributed by atoms with van der Waals surface area (Å²) < 4.78 is 5.30. The Bertz CT molecular complexity index is 379. The lowest BCUT2D eigenvalue weighted by atomic mass is 9.91. The summed E-state index contributed by atoms with van der Waals surface area (Å²) in [5.41, 5.74) is 1.61. The second-order valence-corrected chi connectivity index (χ2v) is 4.29. The van der Waals surface area contributed by atoms with E-state index in [1.165, 1.54) is 5.56 Å². The van der Waals surface area contributed by atoms with E-state index < -0.39 is 12.1 Å². The predicted octanol–water partition coefficient (Wildman–Crippen LogP) is 1.70. The zero-order valence-corrected chi connectivity index (χ0v) is 9.50. The largest absolute Gasteiger partial charge is 0.479 e. The van der Waals surface area contributed by atoms with Gasteiger partial charge in [0.05, 0.1) is 0 Å². The highest BCUT2D eigenvalue weighted by Gasteiger charge is 2.18. The van der Waals surface area contributed by atoms with E-state index in [2.05, 4.69) is 0 Å². The molecule has 1 saturated heterocycles. The van der Waals surface area contributed by atoms with Gasteiger partial charge in [0.1, 0.15) is 0 Å². The molecule has 1 aliphatic heterocycles. The highest BCUT2D eigenvalue weighted by Crippen LogP contribution is 2.27. The van der Waals surface area contributed by atoms with Gasteiger partial charge in [-0.15, -0.1) is 0 Å². The number of carboxylic acid groups (broad SMARTS) is 1. The van der Waals surface area contributed by atoms with E-state index in [-0.39, 0.29) is 0 Å². The fraction of sp³-hybridized carbons (Fsp3) is 0.462. The quantitative estimate of drug-likeness (QED) is 0.838. The van der Waals surface area contributed by atoms with Crippen molar-refractivity contribution in [1.82, 2.24) is 0 Å². The summed E-state index contributed by atoms with van der Waals surface area (Å²) in [6.45, 7) is 1.56. The van der Waals surface area contributed by atoms with E-state index in [4.69, 9.17) is 9.84 Å². The Balaban J connectivity index is 2.09. The Kier molecular flexibility index (Phi) is 3.76. The van der Waals surface area contributed by atoms with E-state index in [9.17, 15) is 9.90 Å². The average molecular weight is 236 g/mol. The monoisotopic (exact) mass is 236 g/mol. The molecule has 0 aliphatic carbocycles. The van der Waals surface area contributed by atoms with E-state index in [0.29, 0.717) is 11.5 Å². The molecule has 92 valence electrons. The average Bonchev–Trinajstić information content (AvgIpc) is 2.39. The Morgan fingerprint density at radius 3 is 2.35 bits per heavy atom. The molecule has 4 nitrogen and oxygen atoms in total. The molecular formula is C13H16O4. The van der Waals surface area contributed by atoms with E-state index in [0.717, 1.165) is 26.1 Å². The van der Waals surface area contributed by atoms with Crippen LogP contribution < -0.4 is 0 Å². The SMILES string of the molecule is O=C(O)C(O)c1ccc(C2CCOCC2)cc1. The maximum absolute atomic E-state index is 10.6. The second-order valence-electron chi connectivity index (χ2n) is 4.29. The van der Waals surface area contributed by atoms with Gasteiger partial charge in [-0.25, -0.2) is 4.79 Å². The highest BCUT2D eigenvalue weighted by molar-refractivity contribution is 5.73. The zero-order chi connectivity index (χ0) is 12.3. The normalized spacial score (nSPS) is 18.9. The summed E-state index contributed by atoms with van der Waals surface area (Å²) in [6.07, 6.45) is 0.570. The molecule has 1 aliphatic rings. The first kappa shape index (κ1) is 12.1. The standard InChI is InChI=1S/C13H16O4/c14-12(13(15)16)11-3-1-9(2-4-11)10-5-7-17-8-6-10/h1-4,10,12,14H,5-8H2,(H,15,16). The number of aliphatic hydroxyl groups is 1. The van der Waals surface area contributed by atoms with Crippen molar-refractivity contribution in [3.05, 3.63) is 35.4 Å². The van der Waals surface area contributed by atoms with Crippen LogP contribution in [0.3, 0.4) is 0 Å². The zero-order valence-electron chi connectivity index (χ0n) is 9.50. The molecule has 1 aromatic carbocycles. The molecule has 0 saturated carbocycles. The van der Waals surface area contributed by atoms with Crippen LogP contribution in [-0.4, -0.2) is 29.4 Å². The van der Waals surface area contributed by atoms with Gasteiger partial charge in [-0.1, -0.05) is 24.3 Å². The van der Waals surface area contributed by atoms with Crippen molar-refractivity contribution in [3.8, 4) is 0 Å². The molecule has 2 rings (SSSR count). The number of hydrogen-bond acceptors (Lipinski definition) is 3. The van der Waals surface area contributed by atoms with Gasteiger partial charge in [0.25, 0.3) is 0 Å². The van der Waals surface area contributed by atoms with Crippen molar-refractivity contribution in [1.29, 1.82) is 0 Å². The van der Waals surface area contributed by atoms with Gasteiger partial charge in [0, 0.05) is 13.2 Å². The molecule has 2 N–H and O–H groups in total. The molecule has 4 heteroatoms. The number of hydrogen-bond donors (Lipinski definition) is 2. The van der Waals surface area contributed by atoms with Crippen LogP contribution in [0.5, 0.6) is 0 Å². The predicted molar refractivity (Wildman–Crippen MR) is 61.8 cm³/mol. The molecule has 0 spiro atoms. The Hall–Kier alpha value is -1.39. The van der Waals surface area contributed by atoms with Gasteiger partial charge in [0.2, 0.25) is 0 Å². The van der Waals surface area contributed by atoms with Gasteiger partial charge in [-0.05, 0) is 29.9 Å². The number of aliphatic carboxylic acids is 1. The lowest BCUT2D eigenvalue weighted by Crippen LogP contribution is -2.14. The number of carbonyl (C=O) groups is 1. The van der Waals surface area contributed by atoms with Crippen LogP contribution in [0.4, 0.5) is 0 Å². The van der Waals surface area contributed by atoms with Crippen LogP contribution in [0.2, 0.25) is 0 Å². The molecule has 1 atom stereocenters. The number of carboxylic acids is 1. The molecule has 0 aromatic heterocycles. The van der Waals surface area contributed by atoms with E-state index in [1.807, 2.05) is 12.1 Å². The van der Waals surface area contributed by atoms with Crippen molar-refractivity contribution in [2.24, 2.45) is 0 Å². The fourth-order valence-electron chi connectivity index (χ4n) is 2.12. The summed E-state index contributed by atoms with van der Waals surface area (Å²) in [6, 6.07) is 7.17. The first-order valence-electron chi connectivity index (χ1n) is 5.77. The van der Waals surface area contributed by atoms with Gasteiger partial charge < -0.3 is 14.9 Å². The van der Waals surface area contributed by atoms with Crippen LogP contribution in [0.1, 0.15) is 36.0 Å². The number of benzene rings is 1. The molecule has 17 heavy (non-hydrogen) atoms. The third kappa shape index (κ3) is 2.84. The Morgan fingerprint density at radius 2 is 1.82 bits per heavy atom. The van der Waals surface area contributed by atoms with E-state index >= 15 is 0 Å². The Morgan fingerprint density at radius 1 is 1.24 bits per heavy atom. The van der Waals surface area contributed by atoms with Crippen LogP contribution in [0, 0.1) is 0 Å². The van der Waals surface area contributed by atoms with Crippen molar-refractivity contribution in [2.45, 2.75) is 24.9 Å². The van der Waals surface area contributed by atoms with Crippen molar-refractivity contribution >= 4 is 5.97 Å². The minimum absolute atomic E-state index is 0.424. The van der Waals surface area contributed by atoms with Gasteiger partial charge in [-0.3, -0.25) is 0 Å². The molecule has 0 amide bonds. The summed E-state index contributed by atoms with van der Waals surface area (Å²) in [5, 5.41) is 18.1. The number of ether oxygens (including phenoxy) is 1. The lowest BCUT2D eigenvalue weighted by molar-refractivity contribution is -0.146. The number of aliphatic hydroxyl groups excluding tert-OH is 1. The maximum atomic E-state index is 10.6. The molecule has 1 aromatic rings. The first-order valence-corrected chi connectivity index (χ1v) is 5.77. The number of rotatable bonds is 3. The van der Waals surface area contributed by atoms with Crippen LogP contribution in [-0.2, 0) is 9.53 Å². The first-order chi connectivity index (χ1) is 8.18. The smallest absolute Gasteiger partial charge is 0.337 e. The maximum Gasteiger partial charge on any atom is 0.337 e. The summed E-state index contributed by atoms with van der Waals surface area (Å²) >= 11 is 0. The van der Waals surface area contributed by atoms with Crippen molar-refractivity contribution in [2.75, 3.05) is 13.2 Å². The van der Waals surface area contributed by atoms with E-state index in [1.54, 1.807) is 12.1 Å². The van der Waals surface area contributed by atoms with Gasteiger partial charge in [-0.2, -0.15) is 0 Å². The van der Waals surface area contributed by atoms with Gasteiger partial charge >= 0.3 is 5.97 Å². The molecule has 1 unspecified atom stereocenters. The van der Waals surface area contributed by atoms with Crippen LogP contribution in [0.15, 0.2) is 24.3 Å². The summed E-state index contributed by atoms with van der Waals surface area (Å²) in [4.78, 5) is 10.6. The molecular weight excluding hydrogens is 220 g/mol. The molecule has 1 fully saturated rings. The third-order valence-electron chi connectivity index (χ3n) is 3.18. The summed E-state index contributed by atoms with van der Waals surface area (Å²) in [7, 11) is 0. The van der Waals surface area contributed by atoms with Crippen LogP contribution >= 0.6 is 0 Å². The Labute approximate surface area is 99.8 Å². The summed E-state index contributed by atoms with van der Waals surface area (Å²) in [5.74, 6) is -0.733. The third-order valence-corrected chi connectivity index (χ3v) is 3.18. The molecule has 1 heterocycles. The minimum atomic E-state index is -1.43. The van der Waals surface area contributed by atoms with Crippen molar-refractivity contribution < 1.29 is 19.7 Å². The second kappa shape index (κ2) is 5.29. The highest BCUT2D eigenvalue weighted by atomic mass is 16.5.